The highest BCUT2D eigenvalue weighted by Crippen LogP contribution is 2.22. The Morgan fingerprint density at radius 3 is 2.65 bits per heavy atom. The maximum absolute atomic E-state index is 11.6. The summed E-state index contributed by atoms with van der Waals surface area (Å²) in [5.41, 5.74) is 0.834. The number of aliphatic hydroxyl groups excluding tert-OH is 1. The second-order valence-electron chi connectivity index (χ2n) is 5.48. The van der Waals surface area contributed by atoms with Gasteiger partial charge >= 0.3 is 5.97 Å². The molecule has 2 rings (SSSR count). The van der Waals surface area contributed by atoms with Crippen molar-refractivity contribution in [2.24, 2.45) is 0 Å². The Morgan fingerprint density at radius 1 is 1.25 bits per heavy atom. The lowest BCUT2D eigenvalue weighted by molar-refractivity contribution is -0.139. The number of benzene rings is 1. The Bertz CT molecular complexity index is 421. The van der Waals surface area contributed by atoms with Crippen LogP contribution in [-0.4, -0.2) is 46.8 Å². The minimum atomic E-state index is -0.794. The standard InChI is InChI=1S/C16H23NO3/c18-12-14-9-5-2-6-10-17(14)11-15(16(19)20)13-7-3-1-4-8-13/h1,3-4,7-8,14-15,18H,2,5-6,9-12H2,(H,19,20). The maximum atomic E-state index is 11.6. The number of aliphatic hydroxyl groups is 1. The molecule has 0 spiro atoms. The van der Waals surface area contributed by atoms with Gasteiger partial charge in [0, 0.05) is 12.6 Å². The van der Waals surface area contributed by atoms with Crippen LogP contribution in [0.5, 0.6) is 0 Å². The fourth-order valence-electron chi connectivity index (χ4n) is 2.93. The lowest BCUT2D eigenvalue weighted by Gasteiger charge is -2.30. The summed E-state index contributed by atoms with van der Waals surface area (Å²) in [6.45, 7) is 1.47. The quantitative estimate of drug-likeness (QED) is 0.865. The van der Waals surface area contributed by atoms with E-state index in [-0.39, 0.29) is 12.6 Å². The largest absolute Gasteiger partial charge is 0.481 e. The molecule has 2 unspecified atom stereocenters. The molecular formula is C16H23NO3. The SMILES string of the molecule is O=C(O)C(CN1CCCCCC1CO)c1ccccc1. The van der Waals surface area contributed by atoms with Gasteiger partial charge in [-0.25, -0.2) is 0 Å². The summed E-state index contributed by atoms with van der Waals surface area (Å²) in [5, 5.41) is 19.0. The number of hydrogen-bond acceptors (Lipinski definition) is 3. The second kappa shape index (κ2) is 7.41. The zero-order valence-corrected chi connectivity index (χ0v) is 11.7. The van der Waals surface area contributed by atoms with Crippen molar-refractivity contribution < 1.29 is 15.0 Å². The summed E-state index contributed by atoms with van der Waals surface area (Å²) in [4.78, 5) is 13.7. The summed E-state index contributed by atoms with van der Waals surface area (Å²) < 4.78 is 0. The van der Waals surface area contributed by atoms with Crippen LogP contribution >= 0.6 is 0 Å². The fraction of sp³-hybridized carbons (Fsp3) is 0.562. The van der Waals surface area contributed by atoms with Gasteiger partial charge in [-0.15, -0.1) is 0 Å². The molecule has 2 atom stereocenters. The highest BCUT2D eigenvalue weighted by molar-refractivity contribution is 5.76. The van der Waals surface area contributed by atoms with E-state index >= 15 is 0 Å². The van der Waals surface area contributed by atoms with Crippen molar-refractivity contribution >= 4 is 5.97 Å². The van der Waals surface area contributed by atoms with Crippen LogP contribution < -0.4 is 0 Å². The number of carbonyl (C=O) groups is 1. The molecule has 1 aromatic carbocycles. The van der Waals surface area contributed by atoms with Crippen molar-refractivity contribution in [3.8, 4) is 0 Å². The van der Waals surface area contributed by atoms with Crippen LogP contribution in [0.1, 0.15) is 37.2 Å². The molecule has 1 saturated heterocycles. The van der Waals surface area contributed by atoms with Crippen LogP contribution in [0.3, 0.4) is 0 Å². The Morgan fingerprint density at radius 2 is 2.00 bits per heavy atom. The highest BCUT2D eigenvalue weighted by atomic mass is 16.4. The molecule has 4 nitrogen and oxygen atoms in total. The monoisotopic (exact) mass is 277 g/mol. The van der Waals surface area contributed by atoms with Crippen LogP contribution in [0.15, 0.2) is 30.3 Å². The molecule has 1 aromatic rings. The van der Waals surface area contributed by atoms with E-state index in [0.29, 0.717) is 6.54 Å². The molecule has 2 N–H and O–H groups in total. The lowest BCUT2D eigenvalue weighted by atomic mass is 9.97. The van der Waals surface area contributed by atoms with Crippen molar-refractivity contribution in [2.75, 3.05) is 19.7 Å². The van der Waals surface area contributed by atoms with Crippen LogP contribution in [0, 0.1) is 0 Å². The predicted molar refractivity (Wildman–Crippen MR) is 77.7 cm³/mol. The van der Waals surface area contributed by atoms with E-state index in [1.165, 1.54) is 0 Å². The summed E-state index contributed by atoms with van der Waals surface area (Å²) in [6, 6.07) is 9.47. The molecule has 1 fully saturated rings. The topological polar surface area (TPSA) is 60.8 Å². The number of nitrogens with zero attached hydrogens (tertiary/aromatic N) is 1. The first-order valence-electron chi connectivity index (χ1n) is 7.35. The molecule has 20 heavy (non-hydrogen) atoms. The van der Waals surface area contributed by atoms with Gasteiger partial charge in [-0.05, 0) is 24.9 Å². The maximum Gasteiger partial charge on any atom is 0.312 e. The normalized spacial score (nSPS) is 22.1. The zero-order valence-electron chi connectivity index (χ0n) is 11.7. The van der Waals surface area contributed by atoms with Crippen LogP contribution in [0.2, 0.25) is 0 Å². The molecule has 0 amide bonds. The first-order valence-corrected chi connectivity index (χ1v) is 7.35. The molecule has 4 heteroatoms. The van der Waals surface area contributed by atoms with E-state index < -0.39 is 11.9 Å². The second-order valence-corrected chi connectivity index (χ2v) is 5.48. The van der Waals surface area contributed by atoms with Crippen molar-refractivity contribution in [1.29, 1.82) is 0 Å². The van der Waals surface area contributed by atoms with E-state index in [2.05, 4.69) is 4.90 Å². The number of rotatable bonds is 5. The van der Waals surface area contributed by atoms with Crippen molar-refractivity contribution in [3.05, 3.63) is 35.9 Å². The molecular weight excluding hydrogens is 254 g/mol. The lowest BCUT2D eigenvalue weighted by Crippen LogP contribution is -2.41. The van der Waals surface area contributed by atoms with Gasteiger partial charge in [0.1, 0.15) is 0 Å². The van der Waals surface area contributed by atoms with Crippen molar-refractivity contribution in [3.63, 3.8) is 0 Å². The average molecular weight is 277 g/mol. The Hall–Kier alpha value is -1.39. The third kappa shape index (κ3) is 3.81. The molecule has 0 aliphatic carbocycles. The van der Waals surface area contributed by atoms with Gasteiger partial charge in [-0.1, -0.05) is 43.2 Å². The van der Waals surface area contributed by atoms with Crippen LogP contribution in [-0.2, 0) is 4.79 Å². The van der Waals surface area contributed by atoms with Gasteiger partial charge in [0.05, 0.1) is 12.5 Å². The Kier molecular flexibility index (Phi) is 5.56. The number of carboxylic acids is 1. The third-order valence-electron chi connectivity index (χ3n) is 4.13. The van der Waals surface area contributed by atoms with Crippen LogP contribution in [0.4, 0.5) is 0 Å². The number of hydrogen-bond donors (Lipinski definition) is 2. The van der Waals surface area contributed by atoms with Gasteiger partial charge < -0.3 is 10.2 Å². The summed E-state index contributed by atoms with van der Waals surface area (Å²) in [5.74, 6) is -1.32. The Balaban J connectivity index is 2.12. The van der Waals surface area contributed by atoms with Crippen molar-refractivity contribution in [2.45, 2.75) is 37.6 Å². The van der Waals surface area contributed by atoms with Gasteiger partial charge in [0.2, 0.25) is 0 Å². The van der Waals surface area contributed by atoms with Gasteiger partial charge in [-0.2, -0.15) is 0 Å². The number of carboxylic acid groups (broad SMARTS) is 1. The molecule has 1 aliphatic heterocycles. The minimum absolute atomic E-state index is 0.100. The molecule has 0 radical (unpaired) electrons. The van der Waals surface area contributed by atoms with E-state index in [4.69, 9.17) is 0 Å². The van der Waals surface area contributed by atoms with E-state index in [0.717, 1.165) is 37.8 Å². The fourth-order valence-corrected chi connectivity index (χ4v) is 2.93. The molecule has 1 aliphatic rings. The van der Waals surface area contributed by atoms with E-state index in [1.807, 2.05) is 30.3 Å². The summed E-state index contributed by atoms with van der Waals surface area (Å²) in [6.07, 6.45) is 4.32. The van der Waals surface area contributed by atoms with Crippen molar-refractivity contribution in [1.82, 2.24) is 4.90 Å². The van der Waals surface area contributed by atoms with Crippen LogP contribution in [0.25, 0.3) is 0 Å². The predicted octanol–water partition coefficient (Wildman–Crippen LogP) is 2.09. The molecule has 0 aromatic heterocycles. The minimum Gasteiger partial charge on any atom is -0.481 e. The average Bonchev–Trinajstić information content (AvgIpc) is 2.70. The van der Waals surface area contributed by atoms with Gasteiger partial charge in [0.15, 0.2) is 0 Å². The molecule has 0 saturated carbocycles. The first kappa shape index (κ1) is 15.0. The number of aliphatic carboxylic acids is 1. The highest BCUT2D eigenvalue weighted by Gasteiger charge is 2.27. The molecule has 1 heterocycles. The van der Waals surface area contributed by atoms with E-state index in [9.17, 15) is 15.0 Å². The molecule has 110 valence electrons. The summed E-state index contributed by atoms with van der Waals surface area (Å²) in [7, 11) is 0. The first-order chi connectivity index (χ1) is 9.72. The van der Waals surface area contributed by atoms with E-state index in [1.54, 1.807) is 0 Å². The third-order valence-corrected chi connectivity index (χ3v) is 4.13. The smallest absolute Gasteiger partial charge is 0.312 e. The van der Waals surface area contributed by atoms with Gasteiger partial charge in [-0.3, -0.25) is 9.69 Å². The zero-order chi connectivity index (χ0) is 14.4. The molecule has 0 bridgehead atoms. The summed E-state index contributed by atoms with van der Waals surface area (Å²) >= 11 is 0. The van der Waals surface area contributed by atoms with Gasteiger partial charge in [0.25, 0.3) is 0 Å². The Labute approximate surface area is 120 Å². The number of likely N-dealkylation sites (tertiary alicyclic amines) is 1.